The third kappa shape index (κ3) is 3.74. The summed E-state index contributed by atoms with van der Waals surface area (Å²) in [5.41, 5.74) is 1.84. The summed E-state index contributed by atoms with van der Waals surface area (Å²) in [5.74, 6) is -1.20. The molecule has 0 aliphatic rings. The normalized spacial score (nSPS) is 11.2. The highest BCUT2D eigenvalue weighted by Crippen LogP contribution is 2.21. The topological polar surface area (TPSA) is 93.7 Å². The Kier molecular flexibility index (Phi) is 5.43. The van der Waals surface area contributed by atoms with Gasteiger partial charge in [-0.1, -0.05) is 30.7 Å². The molecule has 0 aliphatic carbocycles. The molecule has 0 aliphatic heterocycles. The Hall–Kier alpha value is -3.74. The second-order valence-corrected chi connectivity index (χ2v) is 7.13. The van der Waals surface area contributed by atoms with Gasteiger partial charge in [-0.25, -0.2) is 4.79 Å². The number of hydrogen-bond acceptors (Lipinski definition) is 5. The van der Waals surface area contributed by atoms with E-state index in [2.05, 4.69) is 4.57 Å². The summed E-state index contributed by atoms with van der Waals surface area (Å²) in [6, 6.07) is 17.7. The minimum atomic E-state index is -0.531. The van der Waals surface area contributed by atoms with Gasteiger partial charge in [0.15, 0.2) is 5.43 Å². The summed E-state index contributed by atoms with van der Waals surface area (Å²) < 4.78 is 2.85. The molecule has 0 spiro atoms. The van der Waals surface area contributed by atoms with Crippen LogP contribution in [0.2, 0.25) is 0 Å². The average molecular weight is 406 g/mol. The first kappa shape index (κ1) is 19.6. The number of pyridine rings is 1. The minimum Gasteiger partial charge on any atom is -0.492 e. The zero-order chi connectivity index (χ0) is 21.1. The SMILES string of the molecule is O=C(CCCCCn1c2ccccc2c(=O)c2ccccc21)On1c(O)ccc1O. The van der Waals surface area contributed by atoms with Crippen LogP contribution in [0.15, 0.2) is 65.5 Å². The molecule has 4 rings (SSSR count). The number of unbranched alkanes of at least 4 members (excludes halogenated alkanes) is 2. The first-order valence-electron chi connectivity index (χ1n) is 9.87. The van der Waals surface area contributed by atoms with Gasteiger partial charge in [0.25, 0.3) is 0 Å². The summed E-state index contributed by atoms with van der Waals surface area (Å²) in [6.07, 6.45) is 2.39. The van der Waals surface area contributed by atoms with E-state index < -0.39 is 5.97 Å². The molecule has 4 aromatic rings. The van der Waals surface area contributed by atoms with Crippen LogP contribution in [0.4, 0.5) is 0 Å². The highest BCUT2D eigenvalue weighted by molar-refractivity contribution is 5.93. The number of aromatic hydroxyl groups is 2. The van der Waals surface area contributed by atoms with Crippen molar-refractivity contribution in [3.63, 3.8) is 0 Å². The Balaban J connectivity index is 1.41. The number of para-hydroxylation sites is 2. The molecule has 2 aromatic heterocycles. The number of carbonyl (C=O) groups is 1. The number of benzene rings is 2. The highest BCUT2D eigenvalue weighted by atomic mass is 16.7. The number of fused-ring (bicyclic) bond motifs is 2. The monoisotopic (exact) mass is 406 g/mol. The lowest BCUT2D eigenvalue weighted by Gasteiger charge is -2.15. The molecule has 7 nitrogen and oxygen atoms in total. The Labute approximate surface area is 172 Å². The minimum absolute atomic E-state index is 0.0386. The first-order valence-corrected chi connectivity index (χ1v) is 9.87. The number of aryl methyl sites for hydroxylation is 1. The van der Waals surface area contributed by atoms with E-state index in [4.69, 9.17) is 4.84 Å². The van der Waals surface area contributed by atoms with Crippen molar-refractivity contribution in [2.24, 2.45) is 0 Å². The molecule has 7 heteroatoms. The van der Waals surface area contributed by atoms with Crippen LogP contribution in [0.1, 0.15) is 25.7 Å². The molecule has 0 fully saturated rings. The molecule has 2 N–H and O–H groups in total. The molecule has 0 unspecified atom stereocenters. The van der Waals surface area contributed by atoms with Gasteiger partial charge in [-0.2, -0.15) is 0 Å². The zero-order valence-electron chi connectivity index (χ0n) is 16.3. The van der Waals surface area contributed by atoms with Gasteiger partial charge in [0.2, 0.25) is 11.8 Å². The van der Waals surface area contributed by atoms with E-state index >= 15 is 0 Å². The fourth-order valence-corrected chi connectivity index (χ4v) is 3.68. The maximum absolute atomic E-state index is 12.8. The lowest BCUT2D eigenvalue weighted by Crippen LogP contribution is -2.18. The van der Waals surface area contributed by atoms with E-state index in [0.29, 0.717) is 21.9 Å². The van der Waals surface area contributed by atoms with Gasteiger partial charge in [0.05, 0.1) is 11.0 Å². The number of hydrogen-bond donors (Lipinski definition) is 2. The summed E-state index contributed by atoms with van der Waals surface area (Å²) >= 11 is 0. The molecule has 0 atom stereocenters. The van der Waals surface area contributed by atoms with E-state index in [9.17, 15) is 19.8 Å². The van der Waals surface area contributed by atoms with E-state index in [1.54, 1.807) is 0 Å². The number of carbonyl (C=O) groups excluding carboxylic acids is 1. The van der Waals surface area contributed by atoms with Gasteiger partial charge in [0.1, 0.15) is 0 Å². The molecule has 30 heavy (non-hydrogen) atoms. The van der Waals surface area contributed by atoms with Crippen molar-refractivity contribution in [2.45, 2.75) is 32.2 Å². The standard InChI is InChI=1S/C23H22N2O5/c26-20-13-14-21(27)25(20)30-22(28)12-2-1-7-15-24-18-10-5-3-8-16(18)23(29)17-9-4-6-11-19(17)24/h3-6,8-11,13-14,26-27H,1-2,7,12,15H2. The van der Waals surface area contributed by atoms with Crippen LogP contribution in [0, 0.1) is 0 Å². The third-order valence-electron chi connectivity index (χ3n) is 5.13. The molecule has 0 radical (unpaired) electrons. The molecule has 0 bridgehead atoms. The van der Waals surface area contributed by atoms with E-state index in [1.807, 2.05) is 48.5 Å². The van der Waals surface area contributed by atoms with Crippen molar-refractivity contribution in [1.82, 2.24) is 9.30 Å². The maximum Gasteiger partial charge on any atom is 0.333 e. The predicted octanol–water partition coefficient (Wildman–Crippen LogP) is 3.58. The Bertz CT molecular complexity index is 1190. The van der Waals surface area contributed by atoms with E-state index in [0.717, 1.165) is 30.4 Å². The van der Waals surface area contributed by atoms with Gasteiger partial charge < -0.3 is 19.6 Å². The predicted molar refractivity (Wildman–Crippen MR) is 114 cm³/mol. The Morgan fingerprint density at radius 3 is 1.97 bits per heavy atom. The zero-order valence-corrected chi connectivity index (χ0v) is 16.3. The van der Waals surface area contributed by atoms with Crippen molar-refractivity contribution in [2.75, 3.05) is 0 Å². The summed E-state index contributed by atoms with van der Waals surface area (Å²) in [6.45, 7) is 0.718. The molecule has 2 heterocycles. The van der Waals surface area contributed by atoms with Crippen LogP contribution in [0.5, 0.6) is 11.8 Å². The van der Waals surface area contributed by atoms with E-state index in [1.165, 1.54) is 12.1 Å². The molecule has 0 saturated carbocycles. The first-order chi connectivity index (χ1) is 14.6. The molecule has 154 valence electrons. The maximum atomic E-state index is 12.8. The van der Waals surface area contributed by atoms with Crippen LogP contribution in [-0.4, -0.2) is 25.5 Å². The average Bonchev–Trinajstić information content (AvgIpc) is 3.07. The molecular weight excluding hydrogens is 384 g/mol. The van der Waals surface area contributed by atoms with Crippen LogP contribution < -0.4 is 10.3 Å². The van der Waals surface area contributed by atoms with Crippen molar-refractivity contribution < 1.29 is 19.8 Å². The lowest BCUT2D eigenvalue weighted by molar-refractivity contribution is -0.145. The fraction of sp³-hybridized carbons (Fsp3) is 0.217. The fourth-order valence-electron chi connectivity index (χ4n) is 3.68. The molecular formula is C23H22N2O5. The number of nitrogens with zero attached hydrogens (tertiary/aromatic N) is 2. The lowest BCUT2D eigenvalue weighted by atomic mass is 10.1. The largest absolute Gasteiger partial charge is 0.492 e. The summed E-state index contributed by atoms with van der Waals surface area (Å²) in [5, 5.41) is 20.4. The van der Waals surface area contributed by atoms with Gasteiger partial charge >= 0.3 is 5.97 Å². The Morgan fingerprint density at radius 2 is 1.37 bits per heavy atom. The van der Waals surface area contributed by atoms with Crippen molar-refractivity contribution in [1.29, 1.82) is 0 Å². The smallest absolute Gasteiger partial charge is 0.333 e. The molecule has 0 saturated heterocycles. The van der Waals surface area contributed by atoms with Crippen LogP contribution >= 0.6 is 0 Å². The van der Waals surface area contributed by atoms with Crippen LogP contribution in [-0.2, 0) is 11.3 Å². The van der Waals surface area contributed by atoms with Crippen molar-refractivity contribution in [3.05, 3.63) is 70.9 Å². The summed E-state index contributed by atoms with van der Waals surface area (Å²) in [7, 11) is 0. The second kappa shape index (κ2) is 8.32. The van der Waals surface area contributed by atoms with Crippen molar-refractivity contribution >= 4 is 27.8 Å². The van der Waals surface area contributed by atoms with Crippen LogP contribution in [0.25, 0.3) is 21.8 Å². The summed E-state index contributed by atoms with van der Waals surface area (Å²) in [4.78, 5) is 29.6. The Morgan fingerprint density at radius 1 is 0.800 bits per heavy atom. The number of rotatable bonds is 7. The number of aromatic nitrogens is 2. The quantitative estimate of drug-likeness (QED) is 0.361. The van der Waals surface area contributed by atoms with Crippen LogP contribution in [0.3, 0.4) is 0 Å². The van der Waals surface area contributed by atoms with Crippen molar-refractivity contribution in [3.8, 4) is 11.8 Å². The van der Waals surface area contributed by atoms with Gasteiger partial charge in [-0.3, -0.25) is 4.79 Å². The van der Waals surface area contributed by atoms with Gasteiger partial charge in [0, 0.05) is 35.9 Å². The second-order valence-electron chi connectivity index (χ2n) is 7.13. The molecule has 2 aromatic carbocycles. The highest BCUT2D eigenvalue weighted by Gasteiger charge is 2.12. The van der Waals surface area contributed by atoms with Gasteiger partial charge in [-0.15, -0.1) is 4.73 Å². The third-order valence-corrected chi connectivity index (χ3v) is 5.13. The van der Waals surface area contributed by atoms with E-state index in [-0.39, 0.29) is 23.6 Å². The van der Waals surface area contributed by atoms with Gasteiger partial charge in [-0.05, 0) is 37.1 Å². The molecule has 0 amide bonds.